The lowest BCUT2D eigenvalue weighted by atomic mass is 9.94. The fourth-order valence-electron chi connectivity index (χ4n) is 2.80. The summed E-state index contributed by atoms with van der Waals surface area (Å²) in [6.45, 7) is 6.75. The minimum atomic E-state index is 0.277. The Bertz CT molecular complexity index is 533. The van der Waals surface area contributed by atoms with E-state index in [1.807, 2.05) is 0 Å². The molecule has 1 N–H and O–H groups in total. The van der Waals surface area contributed by atoms with Gasteiger partial charge in [0.15, 0.2) is 0 Å². The number of benzene rings is 2. The number of rotatable bonds is 7. The van der Waals surface area contributed by atoms with Crippen LogP contribution in [0, 0.1) is 6.92 Å². The van der Waals surface area contributed by atoms with E-state index >= 15 is 0 Å². The predicted octanol–water partition coefficient (Wildman–Crippen LogP) is 5.25. The molecule has 1 nitrogen and oxygen atoms in total. The molecule has 1 heteroatoms. The summed E-state index contributed by atoms with van der Waals surface area (Å²) in [7, 11) is 0. The van der Waals surface area contributed by atoms with Gasteiger partial charge in [0.2, 0.25) is 0 Å². The molecule has 0 bridgehead atoms. The molecule has 2 atom stereocenters. The third-order valence-electron chi connectivity index (χ3n) is 4.07. The molecule has 0 aliphatic rings. The van der Waals surface area contributed by atoms with Crippen LogP contribution in [0.3, 0.4) is 0 Å². The van der Waals surface area contributed by atoms with Crippen molar-refractivity contribution in [1.82, 2.24) is 5.32 Å². The topological polar surface area (TPSA) is 12.0 Å². The summed E-state index contributed by atoms with van der Waals surface area (Å²) in [5.74, 6) is 0. The van der Waals surface area contributed by atoms with Gasteiger partial charge in [-0.3, -0.25) is 0 Å². The van der Waals surface area contributed by atoms with E-state index in [1.165, 1.54) is 36.0 Å². The first-order valence-electron chi connectivity index (χ1n) is 8.09. The zero-order valence-electron chi connectivity index (χ0n) is 13.5. The highest BCUT2D eigenvalue weighted by Crippen LogP contribution is 2.25. The molecule has 21 heavy (non-hydrogen) atoms. The second-order valence-corrected chi connectivity index (χ2v) is 5.91. The number of nitrogens with one attached hydrogen (secondary N) is 1. The predicted molar refractivity (Wildman–Crippen MR) is 91.6 cm³/mol. The molecule has 2 unspecified atom stereocenters. The van der Waals surface area contributed by atoms with Gasteiger partial charge in [0, 0.05) is 6.04 Å². The zero-order chi connectivity index (χ0) is 15.1. The van der Waals surface area contributed by atoms with E-state index in [0.29, 0.717) is 6.04 Å². The van der Waals surface area contributed by atoms with Gasteiger partial charge in [0.1, 0.15) is 0 Å². The second-order valence-electron chi connectivity index (χ2n) is 5.91. The van der Waals surface area contributed by atoms with Crippen LogP contribution in [-0.4, -0.2) is 6.04 Å². The zero-order valence-corrected chi connectivity index (χ0v) is 13.5. The molecule has 0 heterocycles. The summed E-state index contributed by atoms with van der Waals surface area (Å²) in [5.41, 5.74) is 4.07. The Morgan fingerprint density at radius 1 is 0.952 bits per heavy atom. The summed E-state index contributed by atoms with van der Waals surface area (Å²) in [6.07, 6.45) is 3.77. The Balaban J connectivity index is 2.25. The summed E-state index contributed by atoms with van der Waals surface area (Å²) in [6, 6.07) is 20.3. The maximum absolute atomic E-state index is 3.83. The number of hydrogen-bond donors (Lipinski definition) is 1. The Morgan fingerprint density at radius 2 is 1.62 bits per heavy atom. The molecule has 0 fully saturated rings. The minimum absolute atomic E-state index is 0.277. The van der Waals surface area contributed by atoms with E-state index in [1.54, 1.807) is 0 Å². The van der Waals surface area contributed by atoms with Crippen LogP contribution >= 0.6 is 0 Å². The van der Waals surface area contributed by atoms with Gasteiger partial charge in [-0.25, -0.2) is 0 Å². The first-order valence-corrected chi connectivity index (χ1v) is 8.09. The fraction of sp³-hybridized carbons (Fsp3) is 0.400. The van der Waals surface area contributed by atoms with Crippen LogP contribution in [0.2, 0.25) is 0 Å². The van der Waals surface area contributed by atoms with Crippen molar-refractivity contribution in [2.24, 2.45) is 0 Å². The van der Waals surface area contributed by atoms with Gasteiger partial charge in [-0.15, -0.1) is 0 Å². The SMILES string of the molecule is CCCCC(C)NC(c1ccccc1)c1ccccc1C. The van der Waals surface area contributed by atoms with Crippen molar-refractivity contribution in [2.45, 2.75) is 52.1 Å². The second kappa shape index (κ2) is 7.99. The van der Waals surface area contributed by atoms with Crippen molar-refractivity contribution < 1.29 is 0 Å². The molecule has 2 rings (SSSR count). The molecule has 0 radical (unpaired) electrons. The van der Waals surface area contributed by atoms with E-state index in [4.69, 9.17) is 0 Å². The third-order valence-corrected chi connectivity index (χ3v) is 4.07. The van der Waals surface area contributed by atoms with Crippen LogP contribution in [0.25, 0.3) is 0 Å². The Kier molecular flexibility index (Phi) is 6.01. The Morgan fingerprint density at radius 3 is 2.29 bits per heavy atom. The number of hydrogen-bond acceptors (Lipinski definition) is 1. The highest BCUT2D eigenvalue weighted by molar-refractivity contribution is 5.36. The normalized spacial score (nSPS) is 13.9. The van der Waals surface area contributed by atoms with Gasteiger partial charge in [-0.05, 0) is 37.0 Å². The van der Waals surface area contributed by atoms with E-state index < -0.39 is 0 Å². The highest BCUT2D eigenvalue weighted by Gasteiger charge is 2.17. The first-order chi connectivity index (χ1) is 10.2. The molecule has 0 aliphatic carbocycles. The average Bonchev–Trinajstić information content (AvgIpc) is 2.52. The maximum atomic E-state index is 3.83. The highest BCUT2D eigenvalue weighted by atomic mass is 14.9. The Hall–Kier alpha value is -1.60. The molecule has 0 saturated heterocycles. The van der Waals surface area contributed by atoms with Crippen molar-refractivity contribution in [3.63, 3.8) is 0 Å². The monoisotopic (exact) mass is 281 g/mol. The van der Waals surface area contributed by atoms with Crippen molar-refractivity contribution >= 4 is 0 Å². The lowest BCUT2D eigenvalue weighted by molar-refractivity contribution is 0.458. The molecule has 0 amide bonds. The molecular formula is C20H27N. The number of aryl methyl sites for hydroxylation is 1. The smallest absolute Gasteiger partial charge is 0.0581 e. The van der Waals surface area contributed by atoms with Crippen LogP contribution in [0.5, 0.6) is 0 Å². The summed E-state index contributed by atoms with van der Waals surface area (Å²) < 4.78 is 0. The average molecular weight is 281 g/mol. The summed E-state index contributed by atoms with van der Waals surface area (Å²) >= 11 is 0. The van der Waals surface area contributed by atoms with E-state index in [-0.39, 0.29) is 6.04 Å². The molecule has 0 aliphatic heterocycles. The van der Waals surface area contributed by atoms with Crippen LogP contribution in [0.4, 0.5) is 0 Å². The quantitative estimate of drug-likeness (QED) is 0.730. The first kappa shape index (κ1) is 15.8. The standard InChI is InChI=1S/C20H27N/c1-4-5-12-17(3)21-20(18-13-7-6-8-14-18)19-15-10-9-11-16(19)2/h6-11,13-15,17,20-21H,4-5,12H2,1-3H3. The van der Waals surface area contributed by atoms with Gasteiger partial charge in [0.25, 0.3) is 0 Å². The van der Waals surface area contributed by atoms with Gasteiger partial charge in [-0.2, -0.15) is 0 Å². The van der Waals surface area contributed by atoms with Crippen LogP contribution in [0.1, 0.15) is 55.8 Å². The molecule has 2 aromatic carbocycles. The molecule has 0 aromatic heterocycles. The molecule has 112 valence electrons. The molecule has 0 spiro atoms. The minimum Gasteiger partial charge on any atom is -0.304 e. The summed E-state index contributed by atoms with van der Waals surface area (Å²) in [4.78, 5) is 0. The van der Waals surface area contributed by atoms with Crippen molar-refractivity contribution in [3.05, 3.63) is 71.3 Å². The van der Waals surface area contributed by atoms with Crippen molar-refractivity contribution in [2.75, 3.05) is 0 Å². The molecule has 2 aromatic rings. The van der Waals surface area contributed by atoms with Gasteiger partial charge in [0.05, 0.1) is 6.04 Å². The molecule has 0 saturated carbocycles. The lowest BCUT2D eigenvalue weighted by Gasteiger charge is -2.25. The lowest BCUT2D eigenvalue weighted by Crippen LogP contribution is -2.31. The largest absolute Gasteiger partial charge is 0.304 e. The Labute approximate surface area is 129 Å². The van der Waals surface area contributed by atoms with Gasteiger partial charge in [-0.1, -0.05) is 74.4 Å². The number of unbranched alkanes of at least 4 members (excludes halogenated alkanes) is 1. The van der Waals surface area contributed by atoms with Gasteiger partial charge < -0.3 is 5.32 Å². The van der Waals surface area contributed by atoms with E-state index in [9.17, 15) is 0 Å². The van der Waals surface area contributed by atoms with Crippen molar-refractivity contribution in [1.29, 1.82) is 0 Å². The van der Waals surface area contributed by atoms with Crippen LogP contribution in [-0.2, 0) is 0 Å². The van der Waals surface area contributed by atoms with Crippen LogP contribution in [0.15, 0.2) is 54.6 Å². The fourth-order valence-corrected chi connectivity index (χ4v) is 2.80. The molecular weight excluding hydrogens is 254 g/mol. The third kappa shape index (κ3) is 4.44. The van der Waals surface area contributed by atoms with E-state index in [2.05, 4.69) is 80.7 Å². The van der Waals surface area contributed by atoms with E-state index in [0.717, 1.165) is 0 Å². The maximum Gasteiger partial charge on any atom is 0.0581 e. The summed E-state index contributed by atoms with van der Waals surface area (Å²) in [5, 5.41) is 3.83. The van der Waals surface area contributed by atoms with Crippen molar-refractivity contribution in [3.8, 4) is 0 Å². The van der Waals surface area contributed by atoms with Crippen LogP contribution < -0.4 is 5.32 Å². The van der Waals surface area contributed by atoms with Gasteiger partial charge >= 0.3 is 0 Å².